The van der Waals surface area contributed by atoms with E-state index in [-0.39, 0.29) is 0 Å². The van der Waals surface area contributed by atoms with Gasteiger partial charge in [0.05, 0.1) is 17.5 Å². The van der Waals surface area contributed by atoms with E-state index in [1.165, 1.54) is 12.8 Å². The smallest absolute Gasteiger partial charge is 0.224 e. The first-order valence-electron chi connectivity index (χ1n) is 5.26. The van der Waals surface area contributed by atoms with Crippen LogP contribution in [0.4, 0.5) is 0 Å². The van der Waals surface area contributed by atoms with Gasteiger partial charge in [-0.2, -0.15) is 0 Å². The highest BCUT2D eigenvalue weighted by Gasteiger charge is 2.22. The molecular weight excluding hydrogens is 188 g/mol. The van der Waals surface area contributed by atoms with Crippen molar-refractivity contribution < 1.29 is 4.74 Å². The summed E-state index contributed by atoms with van der Waals surface area (Å²) in [6, 6.07) is 7.92. The zero-order chi connectivity index (χ0) is 10.1. The Labute approximate surface area is 88.1 Å². The Balaban J connectivity index is 1.93. The average molecular weight is 200 g/mol. The molecule has 0 N–H and O–H groups in total. The van der Waals surface area contributed by atoms with Crippen LogP contribution < -0.4 is 4.74 Å². The summed E-state index contributed by atoms with van der Waals surface area (Å²) in [4.78, 5) is 8.37. The summed E-state index contributed by atoms with van der Waals surface area (Å²) in [5.41, 5.74) is 0.943. The summed E-state index contributed by atoms with van der Waals surface area (Å²) in [6.45, 7) is 0.793. The lowest BCUT2D eigenvalue weighted by atomic mass is 10.2. The Hall–Kier alpha value is -1.64. The van der Waals surface area contributed by atoms with Crippen LogP contribution in [0.3, 0.4) is 0 Å². The third kappa shape index (κ3) is 1.77. The van der Waals surface area contributed by atoms with Crippen LogP contribution in [0, 0.1) is 5.92 Å². The largest absolute Gasteiger partial charge is 0.477 e. The molecule has 1 aliphatic rings. The second-order valence-electron chi connectivity index (χ2n) is 3.95. The van der Waals surface area contributed by atoms with Gasteiger partial charge in [-0.05, 0) is 30.9 Å². The predicted molar refractivity (Wildman–Crippen MR) is 57.8 cm³/mol. The van der Waals surface area contributed by atoms with Crippen molar-refractivity contribution in [3.63, 3.8) is 0 Å². The van der Waals surface area contributed by atoms with Gasteiger partial charge in [-0.15, -0.1) is 0 Å². The molecule has 0 atom stereocenters. The molecule has 0 spiro atoms. The molecule has 0 radical (unpaired) electrons. The van der Waals surface area contributed by atoms with E-state index in [0.29, 0.717) is 5.88 Å². The molecule has 1 aromatic carbocycles. The van der Waals surface area contributed by atoms with Crippen LogP contribution in [0.15, 0.2) is 30.6 Å². The lowest BCUT2D eigenvalue weighted by molar-refractivity contribution is 0.292. The van der Waals surface area contributed by atoms with Gasteiger partial charge in [0.25, 0.3) is 0 Å². The highest BCUT2D eigenvalue weighted by atomic mass is 16.5. The molecule has 1 aromatic heterocycles. The highest BCUT2D eigenvalue weighted by molar-refractivity contribution is 5.82. The fraction of sp³-hybridized carbons (Fsp3) is 0.333. The molecule has 2 aromatic rings. The quantitative estimate of drug-likeness (QED) is 0.763. The van der Waals surface area contributed by atoms with Crippen molar-refractivity contribution in [1.82, 2.24) is 9.97 Å². The second-order valence-corrected chi connectivity index (χ2v) is 3.95. The van der Waals surface area contributed by atoms with Crippen LogP contribution in [0.5, 0.6) is 5.88 Å². The molecule has 0 amide bonds. The van der Waals surface area contributed by atoms with Crippen molar-refractivity contribution in [2.75, 3.05) is 6.61 Å². The van der Waals surface area contributed by atoms with E-state index in [4.69, 9.17) is 4.74 Å². The minimum atomic E-state index is 0.715. The number of rotatable bonds is 3. The van der Waals surface area contributed by atoms with Gasteiger partial charge in [0.15, 0.2) is 0 Å². The van der Waals surface area contributed by atoms with Gasteiger partial charge in [-0.1, -0.05) is 12.1 Å². The molecular formula is C12H12N2O. The Bertz CT molecular complexity index is 475. The third-order valence-electron chi connectivity index (χ3n) is 2.66. The number of benzene rings is 1. The van der Waals surface area contributed by atoms with E-state index in [1.54, 1.807) is 6.33 Å². The Morgan fingerprint density at radius 3 is 2.93 bits per heavy atom. The number of nitrogens with zero attached hydrogens (tertiary/aromatic N) is 2. The Morgan fingerprint density at radius 2 is 2.07 bits per heavy atom. The van der Waals surface area contributed by atoms with Gasteiger partial charge < -0.3 is 4.74 Å². The second kappa shape index (κ2) is 3.50. The zero-order valence-corrected chi connectivity index (χ0v) is 8.39. The number of hydrogen-bond donors (Lipinski definition) is 0. The summed E-state index contributed by atoms with van der Waals surface area (Å²) < 4.78 is 5.69. The van der Waals surface area contributed by atoms with Gasteiger partial charge in [-0.25, -0.2) is 9.97 Å². The molecule has 0 saturated heterocycles. The monoisotopic (exact) mass is 200 g/mol. The maximum atomic E-state index is 5.69. The maximum Gasteiger partial charge on any atom is 0.224 e. The fourth-order valence-electron chi connectivity index (χ4n) is 1.58. The molecule has 1 fully saturated rings. The molecule has 1 heterocycles. The number of para-hydroxylation sites is 1. The maximum absolute atomic E-state index is 5.69. The zero-order valence-electron chi connectivity index (χ0n) is 8.39. The van der Waals surface area contributed by atoms with Crippen molar-refractivity contribution in [3.8, 4) is 5.88 Å². The summed E-state index contributed by atoms with van der Waals surface area (Å²) in [6.07, 6.45) is 4.15. The van der Waals surface area contributed by atoms with E-state index in [2.05, 4.69) is 9.97 Å². The predicted octanol–water partition coefficient (Wildman–Crippen LogP) is 2.42. The van der Waals surface area contributed by atoms with Crippen molar-refractivity contribution in [3.05, 3.63) is 30.6 Å². The molecule has 76 valence electrons. The third-order valence-corrected chi connectivity index (χ3v) is 2.66. The van der Waals surface area contributed by atoms with Crippen LogP contribution in [0.1, 0.15) is 12.8 Å². The van der Waals surface area contributed by atoms with Crippen molar-refractivity contribution >= 4 is 10.9 Å². The lowest BCUT2D eigenvalue weighted by Crippen LogP contribution is -2.01. The first kappa shape index (κ1) is 8.65. The number of hydrogen-bond acceptors (Lipinski definition) is 3. The molecule has 3 nitrogen and oxygen atoms in total. The minimum absolute atomic E-state index is 0.715. The van der Waals surface area contributed by atoms with Crippen LogP contribution in [0.2, 0.25) is 0 Å². The van der Waals surface area contributed by atoms with E-state index in [1.807, 2.05) is 24.3 Å². The molecule has 0 bridgehead atoms. The standard InChI is InChI=1S/C12H12N2O/c1-2-4-11-10(3-1)12(14-8-13-11)15-7-9-5-6-9/h1-4,8-9H,5-7H2. The van der Waals surface area contributed by atoms with Gasteiger partial charge in [0, 0.05) is 0 Å². The van der Waals surface area contributed by atoms with E-state index >= 15 is 0 Å². The van der Waals surface area contributed by atoms with E-state index in [0.717, 1.165) is 23.4 Å². The fourth-order valence-corrected chi connectivity index (χ4v) is 1.58. The first-order chi connectivity index (χ1) is 7.43. The number of aromatic nitrogens is 2. The average Bonchev–Trinajstić information content (AvgIpc) is 3.10. The summed E-state index contributed by atoms with van der Waals surface area (Å²) in [5, 5.41) is 1.00. The van der Waals surface area contributed by atoms with Crippen molar-refractivity contribution in [2.24, 2.45) is 5.92 Å². The number of fused-ring (bicyclic) bond motifs is 1. The molecule has 15 heavy (non-hydrogen) atoms. The lowest BCUT2D eigenvalue weighted by Gasteiger charge is -2.06. The Morgan fingerprint density at radius 1 is 1.20 bits per heavy atom. The summed E-state index contributed by atoms with van der Waals surface area (Å²) in [7, 11) is 0. The van der Waals surface area contributed by atoms with Gasteiger partial charge >= 0.3 is 0 Å². The molecule has 3 heteroatoms. The molecule has 1 aliphatic carbocycles. The van der Waals surface area contributed by atoms with Gasteiger partial charge in [-0.3, -0.25) is 0 Å². The topological polar surface area (TPSA) is 35.0 Å². The van der Waals surface area contributed by atoms with Gasteiger partial charge in [0.1, 0.15) is 6.33 Å². The van der Waals surface area contributed by atoms with E-state index in [9.17, 15) is 0 Å². The number of ether oxygens (including phenoxy) is 1. The van der Waals surface area contributed by atoms with E-state index < -0.39 is 0 Å². The summed E-state index contributed by atoms with van der Waals surface area (Å²) >= 11 is 0. The SMILES string of the molecule is c1ccc2c(OCC3CC3)ncnc2c1. The first-order valence-corrected chi connectivity index (χ1v) is 5.26. The van der Waals surface area contributed by atoms with Crippen molar-refractivity contribution in [1.29, 1.82) is 0 Å². The Kier molecular flexibility index (Phi) is 2.02. The summed E-state index contributed by atoms with van der Waals surface area (Å²) in [5.74, 6) is 1.46. The van der Waals surface area contributed by atoms with Crippen LogP contribution >= 0.6 is 0 Å². The van der Waals surface area contributed by atoms with Crippen LogP contribution in [-0.2, 0) is 0 Å². The normalized spacial score (nSPS) is 15.5. The highest BCUT2D eigenvalue weighted by Crippen LogP contribution is 2.30. The minimum Gasteiger partial charge on any atom is -0.477 e. The van der Waals surface area contributed by atoms with Crippen LogP contribution in [-0.4, -0.2) is 16.6 Å². The van der Waals surface area contributed by atoms with Gasteiger partial charge in [0.2, 0.25) is 5.88 Å². The molecule has 0 unspecified atom stereocenters. The molecule has 1 saturated carbocycles. The molecule has 0 aliphatic heterocycles. The van der Waals surface area contributed by atoms with Crippen LogP contribution in [0.25, 0.3) is 10.9 Å². The van der Waals surface area contributed by atoms with Crippen molar-refractivity contribution in [2.45, 2.75) is 12.8 Å². The molecule has 3 rings (SSSR count).